The van der Waals surface area contributed by atoms with Crippen molar-refractivity contribution in [1.82, 2.24) is 4.90 Å². The third kappa shape index (κ3) is 7.30. The molecule has 2 rings (SSSR count). The Balaban J connectivity index is 2.12. The minimum absolute atomic E-state index is 0.151. The fourth-order valence-electron chi connectivity index (χ4n) is 2.56. The maximum atomic E-state index is 12.6. The first-order valence-corrected chi connectivity index (χ1v) is 11.0. The van der Waals surface area contributed by atoms with Crippen molar-refractivity contribution in [3.05, 3.63) is 28.7 Å². The van der Waals surface area contributed by atoms with E-state index in [4.69, 9.17) is 18.9 Å². The summed E-state index contributed by atoms with van der Waals surface area (Å²) >= 11 is 0.744. The molecule has 2 amide bonds. The zero-order valence-electron chi connectivity index (χ0n) is 18.5. The van der Waals surface area contributed by atoms with E-state index in [1.54, 1.807) is 32.0 Å². The van der Waals surface area contributed by atoms with Crippen molar-refractivity contribution in [2.45, 2.75) is 27.7 Å². The Bertz CT molecular complexity index is 896. The van der Waals surface area contributed by atoms with E-state index in [2.05, 4.69) is 0 Å². The molecule has 0 bridgehead atoms. The minimum Gasteiger partial charge on any atom is -0.490 e. The Morgan fingerprint density at radius 3 is 2.44 bits per heavy atom. The number of hydrogen-bond donors (Lipinski definition) is 0. The monoisotopic (exact) mass is 465 g/mol. The lowest BCUT2D eigenvalue weighted by Crippen LogP contribution is -2.34. The van der Waals surface area contributed by atoms with Crippen LogP contribution < -0.4 is 9.47 Å². The maximum Gasteiger partial charge on any atom is 0.344 e. The number of imide groups is 1. The van der Waals surface area contributed by atoms with E-state index in [1.807, 2.05) is 13.8 Å². The summed E-state index contributed by atoms with van der Waals surface area (Å²) in [5, 5.41) is -0.540. The van der Waals surface area contributed by atoms with Gasteiger partial charge in [-0.2, -0.15) is 0 Å². The van der Waals surface area contributed by atoms with Gasteiger partial charge in [-0.15, -0.1) is 0 Å². The standard InChI is InChI=1S/C22H27NO8S/c1-5-28-17-9-15(7-8-16(17)30-13-20(25)29-6-2)10-18-21(26)23(22(27)32-18)11-19(24)31-12-14(3)4/h7-10,14H,5-6,11-13H2,1-4H3/b18-10-. The number of carbonyl (C=O) groups excluding carboxylic acids is 4. The van der Waals surface area contributed by atoms with Gasteiger partial charge < -0.3 is 18.9 Å². The van der Waals surface area contributed by atoms with E-state index >= 15 is 0 Å². The lowest BCUT2D eigenvalue weighted by Gasteiger charge is -2.13. The van der Waals surface area contributed by atoms with E-state index in [0.717, 1.165) is 16.7 Å². The van der Waals surface area contributed by atoms with Gasteiger partial charge in [0.2, 0.25) is 0 Å². The molecule has 174 valence electrons. The molecule has 0 spiro atoms. The van der Waals surface area contributed by atoms with Crippen LogP contribution in [0.25, 0.3) is 6.08 Å². The van der Waals surface area contributed by atoms with Crippen LogP contribution in [0.1, 0.15) is 33.3 Å². The third-order valence-corrected chi connectivity index (χ3v) is 4.86. The Morgan fingerprint density at radius 1 is 1.03 bits per heavy atom. The molecule has 0 aromatic heterocycles. The zero-order valence-corrected chi connectivity index (χ0v) is 19.4. The largest absolute Gasteiger partial charge is 0.490 e. The fourth-order valence-corrected chi connectivity index (χ4v) is 3.40. The van der Waals surface area contributed by atoms with E-state index in [0.29, 0.717) is 23.7 Å². The number of ether oxygens (including phenoxy) is 4. The summed E-state index contributed by atoms with van der Waals surface area (Å²) in [5.41, 5.74) is 0.588. The first-order chi connectivity index (χ1) is 15.2. The van der Waals surface area contributed by atoms with Gasteiger partial charge >= 0.3 is 11.9 Å². The molecule has 0 unspecified atom stereocenters. The van der Waals surface area contributed by atoms with Crippen LogP contribution >= 0.6 is 11.8 Å². The second-order valence-corrected chi connectivity index (χ2v) is 8.07. The van der Waals surface area contributed by atoms with Crippen LogP contribution in [0.15, 0.2) is 23.1 Å². The number of nitrogens with zero attached hydrogens (tertiary/aromatic N) is 1. The highest BCUT2D eigenvalue weighted by molar-refractivity contribution is 8.18. The van der Waals surface area contributed by atoms with E-state index in [1.165, 1.54) is 6.08 Å². The van der Waals surface area contributed by atoms with Gasteiger partial charge in [-0.1, -0.05) is 19.9 Å². The van der Waals surface area contributed by atoms with Crippen molar-refractivity contribution in [3.63, 3.8) is 0 Å². The van der Waals surface area contributed by atoms with Crippen molar-refractivity contribution >= 4 is 40.9 Å². The third-order valence-electron chi connectivity index (χ3n) is 3.95. The van der Waals surface area contributed by atoms with Gasteiger partial charge in [-0.05, 0) is 55.3 Å². The number of amides is 2. The SMILES string of the molecule is CCOC(=O)COc1ccc(/C=C2\SC(=O)N(CC(=O)OCC(C)C)C2=O)cc1OCC. The first kappa shape index (κ1) is 25.3. The lowest BCUT2D eigenvalue weighted by molar-refractivity contribution is -0.147. The van der Waals surface area contributed by atoms with Crippen LogP contribution in [0, 0.1) is 5.92 Å². The molecule has 0 saturated carbocycles. The van der Waals surface area contributed by atoms with Crippen molar-refractivity contribution in [1.29, 1.82) is 0 Å². The average Bonchev–Trinajstić information content (AvgIpc) is 2.99. The second-order valence-electron chi connectivity index (χ2n) is 7.08. The zero-order chi connectivity index (χ0) is 23.7. The highest BCUT2D eigenvalue weighted by Crippen LogP contribution is 2.34. The van der Waals surface area contributed by atoms with E-state index < -0.39 is 29.6 Å². The quantitative estimate of drug-likeness (QED) is 0.359. The number of hydrogen-bond acceptors (Lipinski definition) is 9. The summed E-state index contributed by atoms with van der Waals surface area (Å²) in [7, 11) is 0. The molecule has 1 saturated heterocycles. The molecule has 10 heteroatoms. The fraction of sp³-hybridized carbons (Fsp3) is 0.455. The van der Waals surface area contributed by atoms with Crippen molar-refractivity contribution in [2.75, 3.05) is 33.0 Å². The van der Waals surface area contributed by atoms with Crippen LogP contribution in [0.5, 0.6) is 11.5 Å². The van der Waals surface area contributed by atoms with Gasteiger partial charge in [-0.25, -0.2) is 4.79 Å². The van der Waals surface area contributed by atoms with Gasteiger partial charge in [-0.3, -0.25) is 19.3 Å². The van der Waals surface area contributed by atoms with E-state index in [9.17, 15) is 19.2 Å². The molecule has 0 aliphatic carbocycles. The Labute approximate surface area is 191 Å². The normalized spacial score (nSPS) is 14.8. The second kappa shape index (κ2) is 12.1. The van der Waals surface area contributed by atoms with Gasteiger partial charge in [0.05, 0.1) is 24.7 Å². The summed E-state index contributed by atoms with van der Waals surface area (Å²) in [6.45, 7) is 7.41. The Hall–Kier alpha value is -3.01. The molecule has 0 radical (unpaired) electrons. The summed E-state index contributed by atoms with van der Waals surface area (Å²) in [6.07, 6.45) is 1.53. The van der Waals surface area contributed by atoms with Gasteiger partial charge in [0, 0.05) is 0 Å². The first-order valence-electron chi connectivity index (χ1n) is 10.2. The van der Waals surface area contributed by atoms with Gasteiger partial charge in [0.25, 0.3) is 11.1 Å². The van der Waals surface area contributed by atoms with Crippen LogP contribution in [0.3, 0.4) is 0 Å². The molecule has 0 N–H and O–H groups in total. The summed E-state index contributed by atoms with van der Waals surface area (Å²) < 4.78 is 20.9. The number of rotatable bonds is 11. The predicted octanol–water partition coefficient (Wildman–Crippen LogP) is 3.26. The minimum atomic E-state index is -0.635. The highest BCUT2D eigenvalue weighted by atomic mass is 32.2. The molecule has 1 aliphatic heterocycles. The van der Waals surface area contributed by atoms with Gasteiger partial charge in [0.15, 0.2) is 18.1 Å². The van der Waals surface area contributed by atoms with Crippen molar-refractivity contribution < 1.29 is 38.1 Å². The molecule has 0 atom stereocenters. The topological polar surface area (TPSA) is 108 Å². The molecule has 9 nitrogen and oxygen atoms in total. The summed E-state index contributed by atoms with van der Waals surface area (Å²) in [6, 6.07) is 4.90. The molecular weight excluding hydrogens is 438 g/mol. The Kier molecular flexibility index (Phi) is 9.58. The number of esters is 2. The smallest absolute Gasteiger partial charge is 0.344 e. The highest BCUT2D eigenvalue weighted by Gasteiger charge is 2.36. The molecule has 32 heavy (non-hydrogen) atoms. The van der Waals surface area contributed by atoms with Crippen LogP contribution in [0.4, 0.5) is 4.79 Å². The number of carbonyl (C=O) groups is 4. The lowest BCUT2D eigenvalue weighted by atomic mass is 10.2. The van der Waals surface area contributed by atoms with Gasteiger partial charge in [0.1, 0.15) is 6.54 Å². The van der Waals surface area contributed by atoms with Crippen molar-refractivity contribution in [2.24, 2.45) is 5.92 Å². The molecule has 1 fully saturated rings. The van der Waals surface area contributed by atoms with Crippen LogP contribution in [-0.4, -0.2) is 61.0 Å². The number of thioether (sulfide) groups is 1. The summed E-state index contributed by atoms with van der Waals surface area (Å²) in [5.74, 6) is -0.830. The molecule has 1 aromatic carbocycles. The molecule has 1 aliphatic rings. The van der Waals surface area contributed by atoms with Crippen molar-refractivity contribution in [3.8, 4) is 11.5 Å². The predicted molar refractivity (Wildman–Crippen MR) is 118 cm³/mol. The van der Waals surface area contributed by atoms with Crippen LogP contribution in [-0.2, 0) is 23.9 Å². The molecule has 1 aromatic rings. The maximum absolute atomic E-state index is 12.6. The average molecular weight is 466 g/mol. The van der Waals surface area contributed by atoms with Crippen LogP contribution in [0.2, 0.25) is 0 Å². The van der Waals surface area contributed by atoms with E-state index in [-0.39, 0.29) is 30.6 Å². The summed E-state index contributed by atoms with van der Waals surface area (Å²) in [4.78, 5) is 49.3. The molecular formula is C22H27NO8S. The Morgan fingerprint density at radius 2 is 1.78 bits per heavy atom. The number of benzene rings is 1. The molecule has 1 heterocycles.